The summed E-state index contributed by atoms with van der Waals surface area (Å²) in [5.74, 6) is 1.08. The van der Waals surface area contributed by atoms with Gasteiger partial charge >= 0.3 is 0 Å². The fourth-order valence-corrected chi connectivity index (χ4v) is 6.47. The van der Waals surface area contributed by atoms with Crippen LogP contribution in [0.3, 0.4) is 0 Å². The van der Waals surface area contributed by atoms with E-state index in [0.29, 0.717) is 0 Å². The third-order valence-electron chi connectivity index (χ3n) is 8.34. The second kappa shape index (κ2) is 9.46. The Morgan fingerprint density at radius 1 is 0.683 bits per heavy atom. The Bertz CT molecular complexity index is 2040. The summed E-state index contributed by atoms with van der Waals surface area (Å²) in [5, 5.41) is 2.46. The standard InChI is InChI=1S/C37H28N4/c1-38-32-17-8-10-20-34(32)40-24-26-14-5-6-15-27(26)29-23-36-30(22-35(29)40)28-16-7-9-19-33(28)41(36)37-21-11-18-31(39-37)25-12-3-2-4-13-25/h2-10,12-20,22-23H,1,11,21,24H2. The highest BCUT2D eigenvalue weighted by molar-refractivity contribution is 6.17. The van der Waals surface area contributed by atoms with Gasteiger partial charge in [-0.1, -0.05) is 91.0 Å². The zero-order chi connectivity index (χ0) is 27.3. The van der Waals surface area contributed by atoms with Gasteiger partial charge in [-0.15, -0.1) is 0 Å². The number of para-hydroxylation sites is 3. The van der Waals surface area contributed by atoms with Gasteiger partial charge in [0.25, 0.3) is 0 Å². The van der Waals surface area contributed by atoms with E-state index in [1.54, 1.807) is 0 Å². The minimum atomic E-state index is 0.776. The van der Waals surface area contributed by atoms with Crippen LogP contribution in [0.15, 0.2) is 131 Å². The van der Waals surface area contributed by atoms with Crippen molar-refractivity contribution in [3.8, 4) is 11.1 Å². The molecule has 0 unspecified atom stereocenters. The molecule has 0 saturated heterocycles. The molecule has 3 heterocycles. The van der Waals surface area contributed by atoms with E-state index in [0.717, 1.165) is 47.9 Å². The molecule has 196 valence electrons. The van der Waals surface area contributed by atoms with Crippen LogP contribution in [0.2, 0.25) is 0 Å². The maximum atomic E-state index is 5.25. The van der Waals surface area contributed by atoms with Crippen LogP contribution in [0.4, 0.5) is 17.1 Å². The monoisotopic (exact) mass is 528 g/mol. The number of rotatable bonds is 3. The van der Waals surface area contributed by atoms with Crippen LogP contribution in [0, 0.1) is 0 Å². The number of benzene rings is 5. The molecule has 0 bridgehead atoms. The molecule has 8 rings (SSSR count). The Labute approximate surface area is 239 Å². The topological polar surface area (TPSA) is 32.9 Å². The van der Waals surface area contributed by atoms with Gasteiger partial charge in [0.05, 0.1) is 33.8 Å². The second-order valence-corrected chi connectivity index (χ2v) is 10.7. The van der Waals surface area contributed by atoms with Crippen LogP contribution in [0.1, 0.15) is 24.0 Å². The Hall–Kier alpha value is -5.22. The number of anilines is 2. The van der Waals surface area contributed by atoms with Crippen molar-refractivity contribution in [1.29, 1.82) is 0 Å². The van der Waals surface area contributed by atoms with Crippen LogP contribution in [-0.4, -0.2) is 17.1 Å². The first-order valence-corrected chi connectivity index (χ1v) is 14.1. The molecule has 0 aliphatic carbocycles. The predicted molar refractivity (Wildman–Crippen MR) is 173 cm³/mol. The van der Waals surface area contributed by atoms with Crippen LogP contribution < -0.4 is 4.90 Å². The molecule has 5 aromatic carbocycles. The van der Waals surface area contributed by atoms with E-state index in [4.69, 9.17) is 4.99 Å². The fourth-order valence-electron chi connectivity index (χ4n) is 6.47. The molecule has 6 aromatic rings. The second-order valence-electron chi connectivity index (χ2n) is 10.7. The molecule has 0 spiro atoms. The van der Waals surface area contributed by atoms with E-state index >= 15 is 0 Å². The van der Waals surface area contributed by atoms with Gasteiger partial charge in [0.15, 0.2) is 0 Å². The molecule has 4 heteroatoms. The minimum absolute atomic E-state index is 0.776. The Balaban J connectivity index is 1.41. The molecule has 0 N–H and O–H groups in total. The number of hydrogen-bond acceptors (Lipinski definition) is 3. The van der Waals surface area contributed by atoms with Crippen LogP contribution >= 0.6 is 0 Å². The first-order valence-electron chi connectivity index (χ1n) is 14.1. The minimum Gasteiger partial charge on any atom is -0.335 e. The molecule has 0 amide bonds. The lowest BCUT2D eigenvalue weighted by atomic mass is 9.91. The van der Waals surface area contributed by atoms with Crippen molar-refractivity contribution < 1.29 is 0 Å². The first-order chi connectivity index (χ1) is 20.3. The third kappa shape index (κ3) is 3.75. The molecule has 4 nitrogen and oxygen atoms in total. The van der Waals surface area contributed by atoms with E-state index in [9.17, 15) is 0 Å². The van der Waals surface area contributed by atoms with Gasteiger partial charge in [-0.05, 0) is 60.2 Å². The first kappa shape index (κ1) is 23.6. The lowest BCUT2D eigenvalue weighted by Crippen LogP contribution is -2.21. The van der Waals surface area contributed by atoms with Crippen molar-refractivity contribution in [3.63, 3.8) is 0 Å². The zero-order valence-electron chi connectivity index (χ0n) is 22.7. The van der Waals surface area contributed by atoms with Gasteiger partial charge in [-0.3, -0.25) is 9.56 Å². The summed E-state index contributed by atoms with van der Waals surface area (Å²) in [6.07, 6.45) is 4.11. The summed E-state index contributed by atoms with van der Waals surface area (Å²) in [5.41, 5.74) is 11.5. The number of aliphatic imine (C=N–C) groups is 2. The summed E-state index contributed by atoms with van der Waals surface area (Å²) in [4.78, 5) is 12.0. The molecule has 1 aromatic heterocycles. The van der Waals surface area contributed by atoms with Crippen molar-refractivity contribution in [2.75, 3.05) is 4.90 Å². The highest BCUT2D eigenvalue weighted by atomic mass is 15.2. The van der Waals surface area contributed by atoms with Gasteiger partial charge in [0.1, 0.15) is 5.84 Å². The molecule has 0 fully saturated rings. The Kier molecular flexibility index (Phi) is 5.46. The highest BCUT2D eigenvalue weighted by Crippen LogP contribution is 2.48. The molecule has 0 radical (unpaired) electrons. The lowest BCUT2D eigenvalue weighted by molar-refractivity contribution is 0.962. The molecule has 2 aliphatic rings. The Morgan fingerprint density at radius 3 is 2.37 bits per heavy atom. The average Bonchev–Trinajstić information content (AvgIpc) is 3.37. The largest absolute Gasteiger partial charge is 0.335 e. The van der Waals surface area contributed by atoms with E-state index in [1.807, 2.05) is 12.1 Å². The van der Waals surface area contributed by atoms with Crippen LogP contribution in [-0.2, 0) is 6.54 Å². The number of aromatic nitrogens is 1. The van der Waals surface area contributed by atoms with Crippen molar-refractivity contribution in [2.24, 2.45) is 9.98 Å². The summed E-state index contributed by atoms with van der Waals surface area (Å²) < 4.78 is 2.39. The van der Waals surface area contributed by atoms with Crippen molar-refractivity contribution >= 4 is 57.1 Å². The molecule has 41 heavy (non-hydrogen) atoms. The molecular weight excluding hydrogens is 500 g/mol. The van der Waals surface area contributed by atoms with Crippen molar-refractivity contribution in [2.45, 2.75) is 19.4 Å². The number of allylic oxidation sites excluding steroid dienone is 1. The fraction of sp³-hybridized carbons (Fsp3) is 0.0811. The molecular formula is C37H28N4. The maximum absolute atomic E-state index is 5.25. The summed E-state index contributed by atoms with van der Waals surface area (Å²) >= 11 is 0. The van der Waals surface area contributed by atoms with E-state index in [-0.39, 0.29) is 0 Å². The lowest BCUT2D eigenvalue weighted by Gasteiger charge is -2.34. The summed E-state index contributed by atoms with van der Waals surface area (Å²) in [7, 11) is 0. The van der Waals surface area contributed by atoms with E-state index in [1.165, 1.54) is 44.2 Å². The van der Waals surface area contributed by atoms with E-state index < -0.39 is 0 Å². The van der Waals surface area contributed by atoms with Gasteiger partial charge in [-0.25, -0.2) is 4.99 Å². The average molecular weight is 529 g/mol. The number of hydrogen-bond donors (Lipinski definition) is 0. The highest BCUT2D eigenvalue weighted by Gasteiger charge is 2.27. The number of nitrogens with zero attached hydrogens (tertiary/aromatic N) is 4. The quantitative estimate of drug-likeness (QED) is 0.211. The predicted octanol–water partition coefficient (Wildman–Crippen LogP) is 9.53. The summed E-state index contributed by atoms with van der Waals surface area (Å²) in [6, 6.07) is 41.0. The molecule has 2 aliphatic heterocycles. The Morgan fingerprint density at radius 2 is 1.46 bits per heavy atom. The zero-order valence-corrected chi connectivity index (χ0v) is 22.7. The van der Waals surface area contributed by atoms with Gasteiger partial charge < -0.3 is 4.90 Å². The smallest absolute Gasteiger partial charge is 0.114 e. The maximum Gasteiger partial charge on any atom is 0.114 e. The van der Waals surface area contributed by atoms with E-state index in [2.05, 4.69) is 130 Å². The third-order valence-corrected chi connectivity index (χ3v) is 8.34. The van der Waals surface area contributed by atoms with Gasteiger partial charge in [0, 0.05) is 29.3 Å². The molecule has 0 atom stereocenters. The summed E-state index contributed by atoms with van der Waals surface area (Å²) in [6.45, 7) is 4.64. The van der Waals surface area contributed by atoms with Crippen molar-refractivity contribution in [1.82, 2.24) is 4.57 Å². The van der Waals surface area contributed by atoms with Crippen LogP contribution in [0.5, 0.6) is 0 Å². The van der Waals surface area contributed by atoms with Crippen molar-refractivity contribution in [3.05, 3.63) is 132 Å². The number of fused-ring (bicyclic) bond motifs is 6. The SMILES string of the molecule is C=Nc1ccccc1N1Cc2ccccc2-c2cc3c(cc21)c1ccccc1n3C1=NC(c2ccccc2)=CCC1. The van der Waals surface area contributed by atoms with Crippen LogP contribution in [0.25, 0.3) is 38.6 Å². The normalized spacial score (nSPS) is 14.4. The molecule has 0 saturated carbocycles. The van der Waals surface area contributed by atoms with Gasteiger partial charge in [0.2, 0.25) is 0 Å². The van der Waals surface area contributed by atoms with Gasteiger partial charge in [-0.2, -0.15) is 0 Å².